The molecule has 0 aromatic carbocycles. The average molecular weight is 73.8 g/mol. The third kappa shape index (κ3) is 1.69. The van der Waals surface area contributed by atoms with Crippen LogP contribution < -0.4 is 5.32 Å². The Bertz CT molecular complexity index is 48.8. The quantitative estimate of drug-likeness (QED) is 0.352. The van der Waals surface area contributed by atoms with Crippen molar-refractivity contribution in [3.8, 4) is 0 Å². The van der Waals surface area contributed by atoms with Crippen molar-refractivity contribution in [2.75, 3.05) is 6.54 Å². The molecule has 1 aliphatic rings. The third-order valence-corrected chi connectivity index (χ3v) is 0.618. The Morgan fingerprint density at radius 2 is 2.50 bits per heavy atom. The van der Waals surface area contributed by atoms with Crippen LogP contribution in [-0.4, -0.2) is 38.4 Å². The van der Waals surface area contributed by atoms with E-state index in [0.29, 0.717) is 0 Å². The van der Waals surface area contributed by atoms with E-state index in [1.165, 1.54) is 0 Å². The van der Waals surface area contributed by atoms with Crippen molar-refractivity contribution < 1.29 is 0 Å². The summed E-state index contributed by atoms with van der Waals surface area (Å²) in [6.07, 6.45) is 4.00. The molecule has 6 heavy (non-hydrogen) atoms. The SMILES string of the molecule is B1=[C]NCC1.[LiH]. The number of hydrogen-bond acceptors (Lipinski definition) is 1. The summed E-state index contributed by atoms with van der Waals surface area (Å²) in [4.78, 5) is 0. The van der Waals surface area contributed by atoms with E-state index in [1.54, 1.807) is 0 Å². The molecule has 3 heteroatoms. The summed E-state index contributed by atoms with van der Waals surface area (Å²) in [5, 5.41) is 2.92. The van der Waals surface area contributed by atoms with E-state index in [-0.39, 0.29) is 18.9 Å². The fourth-order valence-electron chi connectivity index (χ4n) is 0.361. The Hall–Kier alpha value is 0.332. The minimum absolute atomic E-state index is 0. The molecular formula is C3H6BLiN. The van der Waals surface area contributed by atoms with E-state index in [9.17, 15) is 0 Å². The molecule has 1 nitrogen and oxygen atoms in total. The van der Waals surface area contributed by atoms with Crippen LogP contribution in [0, 0.1) is 0 Å². The van der Waals surface area contributed by atoms with Gasteiger partial charge in [0.05, 0.1) is 0 Å². The molecule has 1 aliphatic heterocycles. The van der Waals surface area contributed by atoms with Crippen LogP contribution in [0.15, 0.2) is 0 Å². The normalized spacial score (nSPS) is 14.7. The zero-order valence-corrected chi connectivity index (χ0v) is 2.99. The second-order valence-electron chi connectivity index (χ2n) is 1.06. The van der Waals surface area contributed by atoms with Gasteiger partial charge in [0.15, 0.2) is 0 Å². The van der Waals surface area contributed by atoms with Gasteiger partial charge in [0.25, 0.3) is 0 Å². The summed E-state index contributed by atoms with van der Waals surface area (Å²) in [5.41, 5.74) is 0. The Morgan fingerprint density at radius 3 is 2.67 bits per heavy atom. The molecule has 0 unspecified atom stereocenters. The van der Waals surface area contributed by atoms with E-state index in [1.807, 2.05) is 6.92 Å². The van der Waals surface area contributed by atoms with Crippen molar-refractivity contribution in [3.63, 3.8) is 0 Å². The molecule has 1 heterocycles. The number of nitrogens with one attached hydrogen (secondary N) is 1. The molecule has 1 radical (unpaired) electrons. The van der Waals surface area contributed by atoms with Gasteiger partial charge < -0.3 is 0 Å². The number of hydrogen-bond donors (Lipinski definition) is 1. The zero-order chi connectivity index (χ0) is 3.54. The van der Waals surface area contributed by atoms with Crippen LogP contribution in [0.2, 0.25) is 6.32 Å². The average Bonchev–Trinajstić information content (AvgIpc) is 1.76. The molecule has 27 valence electrons. The molecular weight excluding hydrogens is 67.8 g/mol. The van der Waals surface area contributed by atoms with Gasteiger partial charge in [-0.25, -0.2) is 0 Å². The summed E-state index contributed by atoms with van der Waals surface area (Å²) >= 11 is 0. The molecule has 1 rings (SSSR count). The van der Waals surface area contributed by atoms with Gasteiger partial charge in [-0.2, -0.15) is 0 Å². The standard InChI is InChI=1S/C3H5BN.Li.H/c1-2-5-3-4-1;;/h5H,1-2H2;;. The van der Waals surface area contributed by atoms with E-state index in [4.69, 9.17) is 0 Å². The molecule has 0 bridgehead atoms. The van der Waals surface area contributed by atoms with Gasteiger partial charge in [-0.05, 0) is 0 Å². The molecule has 0 aliphatic carbocycles. The van der Waals surface area contributed by atoms with Crippen molar-refractivity contribution >= 4 is 31.9 Å². The molecule has 0 aromatic heterocycles. The molecule has 0 saturated heterocycles. The predicted octanol–water partition coefficient (Wildman–Crippen LogP) is -1.30. The van der Waals surface area contributed by atoms with Crippen LogP contribution in [0.5, 0.6) is 0 Å². The zero-order valence-electron chi connectivity index (χ0n) is 2.99. The fourth-order valence-corrected chi connectivity index (χ4v) is 0.361. The van der Waals surface area contributed by atoms with Crippen molar-refractivity contribution in [3.05, 3.63) is 0 Å². The maximum absolute atomic E-state index is 2.92. The van der Waals surface area contributed by atoms with Crippen molar-refractivity contribution in [2.45, 2.75) is 6.32 Å². The monoisotopic (exact) mass is 74.1 g/mol. The van der Waals surface area contributed by atoms with Gasteiger partial charge in [0.2, 0.25) is 0 Å². The van der Waals surface area contributed by atoms with E-state index >= 15 is 0 Å². The van der Waals surface area contributed by atoms with Crippen molar-refractivity contribution in [1.82, 2.24) is 5.32 Å². The summed E-state index contributed by atoms with van der Waals surface area (Å²) in [5.74, 6) is 0. The predicted molar refractivity (Wildman–Crippen MR) is 30.7 cm³/mol. The molecule has 1 N–H and O–H groups in total. The van der Waals surface area contributed by atoms with Crippen LogP contribution >= 0.6 is 0 Å². The molecule has 0 aromatic rings. The minimum atomic E-state index is 0. The van der Waals surface area contributed by atoms with Gasteiger partial charge in [-0.3, -0.25) is 0 Å². The first kappa shape index (κ1) is 6.33. The summed E-state index contributed by atoms with van der Waals surface area (Å²) in [6.45, 7) is 3.08. The molecule has 0 fully saturated rings. The summed E-state index contributed by atoms with van der Waals surface area (Å²) in [7, 11) is 0. The molecule has 0 atom stereocenters. The van der Waals surface area contributed by atoms with Crippen LogP contribution in [0.25, 0.3) is 0 Å². The van der Waals surface area contributed by atoms with Crippen molar-refractivity contribution in [2.24, 2.45) is 0 Å². The van der Waals surface area contributed by atoms with Gasteiger partial charge >= 0.3 is 50.1 Å². The Morgan fingerprint density at radius 1 is 1.67 bits per heavy atom. The Labute approximate surface area is 50.6 Å². The van der Waals surface area contributed by atoms with E-state index in [2.05, 4.69) is 11.4 Å². The van der Waals surface area contributed by atoms with Gasteiger partial charge in [-0.1, -0.05) is 0 Å². The van der Waals surface area contributed by atoms with Gasteiger partial charge in [0, 0.05) is 0 Å². The Balaban J connectivity index is 0.000000250. The second-order valence-corrected chi connectivity index (χ2v) is 1.06. The van der Waals surface area contributed by atoms with Crippen LogP contribution in [0.3, 0.4) is 0 Å². The molecule has 0 saturated carbocycles. The second kappa shape index (κ2) is 3.52. The van der Waals surface area contributed by atoms with Gasteiger partial charge in [-0.15, -0.1) is 0 Å². The van der Waals surface area contributed by atoms with E-state index in [0.717, 1.165) is 12.9 Å². The fraction of sp³-hybridized carbons (Fsp3) is 0.667. The first-order valence-electron chi connectivity index (χ1n) is 1.80. The molecule has 0 spiro atoms. The summed E-state index contributed by atoms with van der Waals surface area (Å²) < 4.78 is 0. The van der Waals surface area contributed by atoms with Crippen LogP contribution in [0.4, 0.5) is 0 Å². The first-order chi connectivity index (χ1) is 2.50. The van der Waals surface area contributed by atoms with E-state index < -0.39 is 0 Å². The third-order valence-electron chi connectivity index (χ3n) is 0.618. The topological polar surface area (TPSA) is 12.0 Å². The molecule has 0 amide bonds. The maximum atomic E-state index is 2.92. The summed E-state index contributed by atoms with van der Waals surface area (Å²) in [6, 6.07) is 0. The Kier molecular flexibility index (Phi) is 3.71. The first-order valence-corrected chi connectivity index (χ1v) is 1.80. The van der Waals surface area contributed by atoms with Crippen LogP contribution in [0.1, 0.15) is 0 Å². The van der Waals surface area contributed by atoms with Crippen LogP contribution in [-0.2, 0) is 0 Å². The van der Waals surface area contributed by atoms with Crippen molar-refractivity contribution in [1.29, 1.82) is 0 Å². The van der Waals surface area contributed by atoms with Gasteiger partial charge in [0.1, 0.15) is 0 Å². The number of rotatable bonds is 0.